The lowest BCUT2D eigenvalue weighted by Crippen LogP contribution is -2.38. The molecule has 3 aromatic rings. The van der Waals surface area contributed by atoms with E-state index in [4.69, 9.17) is 9.47 Å². The third kappa shape index (κ3) is 5.09. The van der Waals surface area contributed by atoms with Crippen LogP contribution in [0.2, 0.25) is 0 Å². The molecule has 0 saturated heterocycles. The number of aryl methyl sites for hydroxylation is 2. The monoisotopic (exact) mass is 445 g/mol. The average molecular weight is 446 g/mol. The maximum Gasteiger partial charge on any atom is 0.124 e. The molecule has 5 heteroatoms. The van der Waals surface area contributed by atoms with Crippen LogP contribution in [0.3, 0.4) is 0 Å². The maximum absolute atomic E-state index is 6.41. The van der Waals surface area contributed by atoms with E-state index in [0.29, 0.717) is 18.2 Å². The average Bonchev–Trinajstić information content (AvgIpc) is 3.29. The molecule has 2 unspecified atom stereocenters. The standard InChI is InChI=1S/C28H35N3O2/c1-3-26(25-18-29-31-19(25)2)30-22-10-12-23(13-11-22)32-24-14-16-28-21(17-24)9-15-27(33-28)20-7-5-4-6-8-20/h4-8,14,16-18,22-23,26-27,30H,3,9-13,15H2,1-2H3,(H,29,31). The van der Waals surface area contributed by atoms with Gasteiger partial charge in [-0.05, 0) is 81.2 Å². The summed E-state index contributed by atoms with van der Waals surface area (Å²) in [6.07, 6.45) is 9.96. The van der Waals surface area contributed by atoms with E-state index in [1.54, 1.807) is 0 Å². The lowest BCUT2D eigenvalue weighted by Gasteiger charge is -2.32. The lowest BCUT2D eigenvalue weighted by atomic mass is 9.91. The molecule has 1 fully saturated rings. The van der Waals surface area contributed by atoms with E-state index in [1.807, 2.05) is 6.20 Å². The molecule has 0 bridgehead atoms. The van der Waals surface area contributed by atoms with Crippen molar-refractivity contribution >= 4 is 0 Å². The maximum atomic E-state index is 6.41. The van der Waals surface area contributed by atoms with Crippen LogP contribution in [0, 0.1) is 6.92 Å². The van der Waals surface area contributed by atoms with Gasteiger partial charge in [0, 0.05) is 23.3 Å². The number of H-pyrrole nitrogens is 1. The van der Waals surface area contributed by atoms with Crippen molar-refractivity contribution in [2.75, 3.05) is 0 Å². The van der Waals surface area contributed by atoms with E-state index in [-0.39, 0.29) is 6.10 Å². The smallest absolute Gasteiger partial charge is 0.124 e. The summed E-state index contributed by atoms with van der Waals surface area (Å²) in [6, 6.07) is 17.8. The first kappa shape index (κ1) is 22.0. The zero-order valence-corrected chi connectivity index (χ0v) is 19.7. The number of rotatable bonds is 7. The number of nitrogens with one attached hydrogen (secondary N) is 2. The van der Waals surface area contributed by atoms with E-state index in [0.717, 1.165) is 62.1 Å². The lowest BCUT2D eigenvalue weighted by molar-refractivity contribution is 0.135. The molecule has 2 heterocycles. The van der Waals surface area contributed by atoms with Crippen LogP contribution in [-0.4, -0.2) is 22.3 Å². The van der Waals surface area contributed by atoms with Gasteiger partial charge in [-0.25, -0.2) is 0 Å². The van der Waals surface area contributed by atoms with Crippen LogP contribution in [0.25, 0.3) is 0 Å². The summed E-state index contributed by atoms with van der Waals surface area (Å²) in [5.41, 5.74) is 4.97. The van der Waals surface area contributed by atoms with Crippen molar-refractivity contribution in [2.24, 2.45) is 0 Å². The van der Waals surface area contributed by atoms with Crippen molar-refractivity contribution in [3.05, 3.63) is 77.1 Å². The summed E-state index contributed by atoms with van der Waals surface area (Å²) in [4.78, 5) is 0. The van der Waals surface area contributed by atoms with Gasteiger partial charge in [-0.15, -0.1) is 0 Å². The molecular formula is C28H35N3O2. The van der Waals surface area contributed by atoms with Crippen molar-refractivity contribution in [1.82, 2.24) is 15.5 Å². The third-order valence-electron chi connectivity index (χ3n) is 7.21. The van der Waals surface area contributed by atoms with Crippen LogP contribution in [0.15, 0.2) is 54.7 Å². The van der Waals surface area contributed by atoms with E-state index in [1.165, 1.54) is 16.7 Å². The van der Waals surface area contributed by atoms with Crippen molar-refractivity contribution in [1.29, 1.82) is 0 Å². The molecule has 2 aromatic carbocycles. The Labute approximate surface area is 196 Å². The molecule has 1 aliphatic heterocycles. The number of benzene rings is 2. The highest BCUT2D eigenvalue weighted by Crippen LogP contribution is 2.37. The second-order valence-corrected chi connectivity index (χ2v) is 9.49. The predicted molar refractivity (Wildman–Crippen MR) is 131 cm³/mol. The van der Waals surface area contributed by atoms with Crippen molar-refractivity contribution < 1.29 is 9.47 Å². The highest BCUT2D eigenvalue weighted by atomic mass is 16.5. The van der Waals surface area contributed by atoms with Gasteiger partial charge in [-0.2, -0.15) is 5.10 Å². The minimum Gasteiger partial charge on any atom is -0.490 e. The number of hydrogen-bond donors (Lipinski definition) is 2. The van der Waals surface area contributed by atoms with Crippen LogP contribution >= 0.6 is 0 Å². The molecule has 1 aromatic heterocycles. The molecular weight excluding hydrogens is 410 g/mol. The number of hydrogen-bond acceptors (Lipinski definition) is 4. The fraction of sp³-hybridized carbons (Fsp3) is 0.464. The molecule has 5 rings (SSSR count). The van der Waals surface area contributed by atoms with E-state index in [2.05, 4.69) is 77.9 Å². The Bertz CT molecular complexity index is 1040. The van der Waals surface area contributed by atoms with Crippen LogP contribution in [0.4, 0.5) is 0 Å². The Balaban J connectivity index is 1.14. The highest BCUT2D eigenvalue weighted by molar-refractivity contribution is 5.42. The van der Waals surface area contributed by atoms with Gasteiger partial charge in [-0.3, -0.25) is 5.10 Å². The van der Waals surface area contributed by atoms with Crippen LogP contribution in [-0.2, 0) is 6.42 Å². The highest BCUT2D eigenvalue weighted by Gasteiger charge is 2.26. The van der Waals surface area contributed by atoms with Crippen molar-refractivity contribution in [2.45, 2.75) is 83.1 Å². The SMILES string of the molecule is CCC(NC1CCC(Oc2ccc3c(c2)CCC(c2ccccc2)O3)CC1)c1cn[nH]c1C. The molecule has 2 atom stereocenters. The van der Waals surface area contributed by atoms with Crippen molar-refractivity contribution in [3.8, 4) is 11.5 Å². The summed E-state index contributed by atoms with van der Waals surface area (Å²) in [5, 5.41) is 11.1. The van der Waals surface area contributed by atoms with Gasteiger partial charge in [0.25, 0.3) is 0 Å². The summed E-state index contributed by atoms with van der Waals surface area (Å²) >= 11 is 0. The molecule has 174 valence electrons. The number of fused-ring (bicyclic) bond motifs is 1. The molecule has 0 amide bonds. The van der Waals surface area contributed by atoms with E-state index >= 15 is 0 Å². The Morgan fingerprint density at radius 3 is 2.64 bits per heavy atom. The third-order valence-corrected chi connectivity index (χ3v) is 7.21. The van der Waals surface area contributed by atoms with Gasteiger partial charge in [-0.1, -0.05) is 37.3 Å². The Morgan fingerprint density at radius 1 is 1.09 bits per heavy atom. The summed E-state index contributed by atoms with van der Waals surface area (Å²) in [7, 11) is 0. The van der Waals surface area contributed by atoms with E-state index < -0.39 is 0 Å². The minimum atomic E-state index is 0.144. The quantitative estimate of drug-likeness (QED) is 0.454. The molecule has 2 N–H and O–H groups in total. The minimum absolute atomic E-state index is 0.144. The first-order valence-corrected chi connectivity index (χ1v) is 12.5. The second kappa shape index (κ2) is 10.0. The Morgan fingerprint density at radius 2 is 1.91 bits per heavy atom. The van der Waals surface area contributed by atoms with Crippen LogP contribution in [0.5, 0.6) is 11.5 Å². The van der Waals surface area contributed by atoms with Gasteiger partial charge < -0.3 is 14.8 Å². The van der Waals surface area contributed by atoms with Gasteiger partial charge in [0.1, 0.15) is 17.6 Å². The number of aromatic amines is 1. The molecule has 1 aliphatic carbocycles. The first-order valence-electron chi connectivity index (χ1n) is 12.5. The Hall–Kier alpha value is -2.79. The zero-order chi connectivity index (χ0) is 22.6. The van der Waals surface area contributed by atoms with Gasteiger partial charge in [0.05, 0.1) is 12.3 Å². The second-order valence-electron chi connectivity index (χ2n) is 9.49. The number of ether oxygens (including phenoxy) is 2. The normalized spacial score (nSPS) is 23.4. The molecule has 2 aliphatic rings. The zero-order valence-electron chi connectivity index (χ0n) is 19.7. The van der Waals surface area contributed by atoms with E-state index in [9.17, 15) is 0 Å². The molecule has 33 heavy (non-hydrogen) atoms. The number of nitrogens with zero attached hydrogens (tertiary/aromatic N) is 1. The summed E-state index contributed by atoms with van der Waals surface area (Å²) < 4.78 is 12.7. The topological polar surface area (TPSA) is 59.2 Å². The molecule has 5 nitrogen and oxygen atoms in total. The molecule has 0 radical (unpaired) electrons. The van der Waals surface area contributed by atoms with Gasteiger partial charge >= 0.3 is 0 Å². The van der Waals surface area contributed by atoms with Crippen LogP contribution < -0.4 is 14.8 Å². The van der Waals surface area contributed by atoms with Gasteiger partial charge in [0.2, 0.25) is 0 Å². The van der Waals surface area contributed by atoms with Gasteiger partial charge in [0.15, 0.2) is 0 Å². The predicted octanol–water partition coefficient (Wildman–Crippen LogP) is 6.22. The largest absolute Gasteiger partial charge is 0.490 e. The number of aromatic nitrogens is 2. The van der Waals surface area contributed by atoms with Crippen molar-refractivity contribution in [3.63, 3.8) is 0 Å². The van der Waals surface area contributed by atoms with Crippen LogP contribution in [0.1, 0.15) is 80.0 Å². The fourth-order valence-electron chi connectivity index (χ4n) is 5.30. The summed E-state index contributed by atoms with van der Waals surface area (Å²) in [6.45, 7) is 4.34. The Kier molecular flexibility index (Phi) is 6.68. The fourth-order valence-corrected chi connectivity index (χ4v) is 5.30. The molecule has 0 spiro atoms. The first-order chi connectivity index (χ1) is 16.2. The molecule has 1 saturated carbocycles. The summed E-state index contributed by atoms with van der Waals surface area (Å²) in [5.74, 6) is 1.97.